The number of anilines is 2. The number of pyridine rings is 1. The van der Waals surface area contributed by atoms with Gasteiger partial charge in [-0.3, -0.25) is 14.9 Å². The molecule has 1 saturated heterocycles. The number of hydrogen-bond acceptors (Lipinski definition) is 6. The SMILES string of the molecule is CCc1ccccc1NC(=O)[C@@H]1CC(=O)NC(N2CCN(c3ccccn3)CC2)=N1. The van der Waals surface area contributed by atoms with Gasteiger partial charge < -0.3 is 15.1 Å². The van der Waals surface area contributed by atoms with Gasteiger partial charge in [0.1, 0.15) is 11.9 Å². The molecule has 2 aliphatic rings. The summed E-state index contributed by atoms with van der Waals surface area (Å²) in [5.74, 6) is 0.987. The van der Waals surface area contributed by atoms with Gasteiger partial charge in [0.25, 0.3) is 0 Å². The highest BCUT2D eigenvalue weighted by molar-refractivity contribution is 6.06. The minimum Gasteiger partial charge on any atom is -0.353 e. The van der Waals surface area contributed by atoms with Crippen LogP contribution in [0.5, 0.6) is 0 Å². The molecule has 8 heteroatoms. The quantitative estimate of drug-likeness (QED) is 0.806. The number of carbonyl (C=O) groups excluding carboxylic acids is 2. The highest BCUT2D eigenvalue weighted by Gasteiger charge is 2.31. The van der Waals surface area contributed by atoms with Crippen molar-refractivity contribution in [3.8, 4) is 0 Å². The topological polar surface area (TPSA) is 89.9 Å². The third-order valence-electron chi connectivity index (χ3n) is 5.42. The molecule has 30 heavy (non-hydrogen) atoms. The van der Waals surface area contributed by atoms with E-state index in [9.17, 15) is 9.59 Å². The zero-order valence-corrected chi connectivity index (χ0v) is 17.0. The van der Waals surface area contributed by atoms with Crippen molar-refractivity contribution in [2.75, 3.05) is 36.4 Å². The van der Waals surface area contributed by atoms with Crippen LogP contribution in [0.1, 0.15) is 18.9 Å². The Morgan fingerprint density at radius 2 is 1.83 bits per heavy atom. The third-order valence-corrected chi connectivity index (χ3v) is 5.42. The Balaban J connectivity index is 1.42. The van der Waals surface area contributed by atoms with Crippen molar-refractivity contribution in [2.24, 2.45) is 4.99 Å². The van der Waals surface area contributed by atoms with Crippen molar-refractivity contribution in [2.45, 2.75) is 25.8 Å². The molecular formula is C22H26N6O2. The fourth-order valence-corrected chi connectivity index (χ4v) is 3.74. The molecule has 8 nitrogen and oxygen atoms in total. The zero-order chi connectivity index (χ0) is 20.9. The third kappa shape index (κ3) is 4.42. The maximum Gasteiger partial charge on any atom is 0.249 e. The van der Waals surface area contributed by atoms with Crippen LogP contribution in [0.4, 0.5) is 11.5 Å². The van der Waals surface area contributed by atoms with Crippen LogP contribution in [0.3, 0.4) is 0 Å². The van der Waals surface area contributed by atoms with Crippen LogP contribution >= 0.6 is 0 Å². The van der Waals surface area contributed by atoms with Crippen LogP contribution < -0.4 is 15.5 Å². The molecule has 0 saturated carbocycles. The second-order valence-electron chi connectivity index (χ2n) is 7.38. The molecule has 1 atom stereocenters. The van der Waals surface area contributed by atoms with E-state index in [1.807, 2.05) is 54.3 Å². The summed E-state index contributed by atoms with van der Waals surface area (Å²) in [5.41, 5.74) is 1.83. The van der Waals surface area contributed by atoms with E-state index >= 15 is 0 Å². The van der Waals surface area contributed by atoms with Crippen LogP contribution in [-0.2, 0) is 16.0 Å². The number of nitrogens with zero attached hydrogens (tertiary/aromatic N) is 4. The highest BCUT2D eigenvalue weighted by Crippen LogP contribution is 2.18. The lowest BCUT2D eigenvalue weighted by Crippen LogP contribution is -2.56. The Hall–Kier alpha value is -3.42. The molecule has 0 bridgehead atoms. The number of nitrogens with one attached hydrogen (secondary N) is 2. The molecule has 4 rings (SSSR count). The first-order chi connectivity index (χ1) is 14.6. The molecule has 1 aromatic carbocycles. The fourth-order valence-electron chi connectivity index (χ4n) is 3.74. The normalized spacial score (nSPS) is 19.2. The molecule has 1 aromatic heterocycles. The van der Waals surface area contributed by atoms with Gasteiger partial charge in [0.2, 0.25) is 17.8 Å². The van der Waals surface area contributed by atoms with E-state index in [2.05, 4.69) is 25.5 Å². The van der Waals surface area contributed by atoms with Gasteiger partial charge in [0, 0.05) is 38.1 Å². The summed E-state index contributed by atoms with van der Waals surface area (Å²) in [5, 5.41) is 5.78. The number of aliphatic imine (C=N–C) groups is 1. The largest absolute Gasteiger partial charge is 0.353 e. The van der Waals surface area contributed by atoms with Crippen LogP contribution in [0.25, 0.3) is 0 Å². The van der Waals surface area contributed by atoms with Crippen LogP contribution in [0.2, 0.25) is 0 Å². The highest BCUT2D eigenvalue weighted by atomic mass is 16.2. The lowest BCUT2D eigenvalue weighted by molar-refractivity contribution is -0.125. The van der Waals surface area contributed by atoms with Crippen molar-refractivity contribution in [1.82, 2.24) is 15.2 Å². The first-order valence-corrected chi connectivity index (χ1v) is 10.3. The summed E-state index contributed by atoms with van der Waals surface area (Å²) < 4.78 is 0. The fraction of sp³-hybridized carbons (Fsp3) is 0.364. The summed E-state index contributed by atoms with van der Waals surface area (Å²) in [7, 11) is 0. The van der Waals surface area contributed by atoms with Crippen LogP contribution in [-0.4, -0.2) is 59.9 Å². The number of benzene rings is 1. The lowest BCUT2D eigenvalue weighted by atomic mass is 10.1. The number of amides is 2. The predicted octanol–water partition coefficient (Wildman–Crippen LogP) is 1.65. The predicted molar refractivity (Wildman–Crippen MR) is 116 cm³/mol. The van der Waals surface area contributed by atoms with Gasteiger partial charge in [-0.15, -0.1) is 0 Å². The Morgan fingerprint density at radius 1 is 1.10 bits per heavy atom. The molecule has 0 spiro atoms. The number of hydrogen-bond donors (Lipinski definition) is 2. The van der Waals surface area contributed by atoms with E-state index in [1.165, 1.54) is 0 Å². The maximum absolute atomic E-state index is 12.8. The van der Waals surface area contributed by atoms with Crippen molar-refractivity contribution < 1.29 is 9.59 Å². The van der Waals surface area contributed by atoms with Crippen LogP contribution in [0, 0.1) is 0 Å². The first-order valence-electron chi connectivity index (χ1n) is 10.3. The monoisotopic (exact) mass is 406 g/mol. The molecular weight excluding hydrogens is 380 g/mol. The average Bonchev–Trinajstić information content (AvgIpc) is 2.79. The van der Waals surface area contributed by atoms with Gasteiger partial charge >= 0.3 is 0 Å². The summed E-state index contributed by atoms with van der Waals surface area (Å²) in [6.07, 6.45) is 2.65. The number of piperazine rings is 1. The molecule has 1 fully saturated rings. The molecule has 0 radical (unpaired) electrons. The number of rotatable bonds is 4. The van der Waals surface area contributed by atoms with E-state index in [-0.39, 0.29) is 18.2 Å². The van der Waals surface area contributed by atoms with E-state index in [4.69, 9.17) is 0 Å². The van der Waals surface area contributed by atoms with Gasteiger partial charge in [-0.25, -0.2) is 9.98 Å². The number of guanidine groups is 1. The van der Waals surface area contributed by atoms with Crippen molar-refractivity contribution in [3.63, 3.8) is 0 Å². The number of aryl methyl sites for hydroxylation is 1. The minimum absolute atomic E-state index is 0.0531. The molecule has 0 unspecified atom stereocenters. The van der Waals surface area contributed by atoms with Crippen LogP contribution in [0.15, 0.2) is 53.7 Å². The summed E-state index contributed by atoms with van der Waals surface area (Å²) in [4.78, 5) is 38.3. The molecule has 0 aliphatic carbocycles. The van der Waals surface area contributed by atoms with E-state index in [0.29, 0.717) is 19.0 Å². The van der Waals surface area contributed by atoms with Crippen molar-refractivity contribution in [1.29, 1.82) is 0 Å². The molecule has 2 aromatic rings. The van der Waals surface area contributed by atoms with Crippen molar-refractivity contribution in [3.05, 3.63) is 54.2 Å². The minimum atomic E-state index is -0.729. The number of carbonyl (C=O) groups is 2. The summed E-state index contributed by atoms with van der Waals surface area (Å²) in [6.45, 7) is 4.98. The summed E-state index contributed by atoms with van der Waals surface area (Å²) >= 11 is 0. The standard InChI is InChI=1S/C22H26N6O2/c1-2-16-7-3-4-8-17(16)24-21(30)18-15-20(29)26-22(25-18)28-13-11-27(12-14-28)19-9-5-6-10-23-19/h3-10,18H,2,11-15H2,1H3,(H,24,30)(H,25,26,29)/t18-/m0/s1. The number of aromatic nitrogens is 1. The van der Waals surface area contributed by atoms with Gasteiger partial charge in [0.15, 0.2) is 0 Å². The Labute approximate surface area is 176 Å². The molecule has 2 aliphatic heterocycles. The smallest absolute Gasteiger partial charge is 0.249 e. The molecule has 3 heterocycles. The molecule has 2 N–H and O–H groups in total. The second kappa shape index (κ2) is 8.94. The number of para-hydroxylation sites is 1. The first kappa shape index (κ1) is 19.9. The average molecular weight is 406 g/mol. The Bertz CT molecular complexity index is 938. The van der Waals surface area contributed by atoms with Gasteiger partial charge in [-0.05, 0) is 30.2 Å². The Kier molecular flexibility index (Phi) is 5.92. The lowest BCUT2D eigenvalue weighted by Gasteiger charge is -2.38. The maximum atomic E-state index is 12.8. The van der Waals surface area contributed by atoms with E-state index in [0.717, 1.165) is 36.6 Å². The summed E-state index contributed by atoms with van der Waals surface area (Å²) in [6, 6.07) is 12.8. The van der Waals surface area contributed by atoms with E-state index in [1.54, 1.807) is 6.20 Å². The van der Waals surface area contributed by atoms with Gasteiger partial charge in [0.05, 0.1) is 6.42 Å². The second-order valence-corrected chi connectivity index (χ2v) is 7.38. The van der Waals surface area contributed by atoms with Gasteiger partial charge in [-0.2, -0.15) is 0 Å². The van der Waals surface area contributed by atoms with Crippen molar-refractivity contribution >= 4 is 29.3 Å². The zero-order valence-electron chi connectivity index (χ0n) is 17.0. The molecule has 2 amide bonds. The van der Waals surface area contributed by atoms with E-state index < -0.39 is 6.04 Å². The van der Waals surface area contributed by atoms with Gasteiger partial charge in [-0.1, -0.05) is 31.2 Å². The molecule has 156 valence electrons. The Morgan fingerprint density at radius 3 is 2.57 bits per heavy atom.